The molecule has 0 radical (unpaired) electrons. The van der Waals surface area contributed by atoms with E-state index in [1.54, 1.807) is 0 Å². The van der Waals surface area contributed by atoms with Gasteiger partial charge in [-0.05, 0) is 56.3 Å². The number of unbranched alkanes of at least 4 members (excludes halogenated alkanes) is 1. The van der Waals surface area contributed by atoms with Gasteiger partial charge in [0.2, 0.25) is 0 Å². The molecule has 1 N–H and O–H groups in total. The first-order valence-corrected chi connectivity index (χ1v) is 7.46. The molecule has 102 valence electrons. The fourth-order valence-electron chi connectivity index (χ4n) is 2.29. The molecule has 0 fully saturated rings. The first-order valence-electron chi connectivity index (χ1n) is 7.46. The van der Waals surface area contributed by atoms with Crippen LogP contribution >= 0.6 is 0 Å². The van der Waals surface area contributed by atoms with E-state index >= 15 is 0 Å². The van der Waals surface area contributed by atoms with Crippen LogP contribution < -0.4 is 5.32 Å². The van der Waals surface area contributed by atoms with Gasteiger partial charge in [0.15, 0.2) is 0 Å². The lowest BCUT2D eigenvalue weighted by Gasteiger charge is -2.19. The van der Waals surface area contributed by atoms with E-state index in [0.717, 1.165) is 6.54 Å². The number of hydrogen-bond donors (Lipinski definition) is 1. The quantitative estimate of drug-likeness (QED) is 0.717. The average Bonchev–Trinajstić information content (AvgIpc) is 2.37. The lowest BCUT2D eigenvalue weighted by molar-refractivity contribution is 0.462. The molecule has 0 amide bonds. The van der Waals surface area contributed by atoms with E-state index in [0.29, 0.717) is 6.04 Å². The highest BCUT2D eigenvalue weighted by Gasteiger charge is 2.08. The van der Waals surface area contributed by atoms with Crippen molar-refractivity contribution in [1.29, 1.82) is 0 Å². The highest BCUT2D eigenvalue weighted by molar-refractivity contribution is 5.30. The lowest BCUT2D eigenvalue weighted by Crippen LogP contribution is -2.31. The van der Waals surface area contributed by atoms with Gasteiger partial charge in [0, 0.05) is 6.04 Å². The topological polar surface area (TPSA) is 12.0 Å². The molecule has 1 rings (SSSR count). The average molecular weight is 247 g/mol. The minimum Gasteiger partial charge on any atom is -0.314 e. The van der Waals surface area contributed by atoms with Gasteiger partial charge in [0.05, 0.1) is 0 Å². The van der Waals surface area contributed by atoms with E-state index in [1.165, 1.54) is 48.8 Å². The Bertz CT molecular complexity index is 335. The Morgan fingerprint density at radius 3 is 2.44 bits per heavy atom. The minimum absolute atomic E-state index is 0.645. The van der Waals surface area contributed by atoms with Gasteiger partial charge in [0.25, 0.3) is 0 Å². The maximum absolute atomic E-state index is 3.69. The van der Waals surface area contributed by atoms with Gasteiger partial charge in [-0.25, -0.2) is 0 Å². The summed E-state index contributed by atoms with van der Waals surface area (Å²) in [6.45, 7) is 10.0. The standard InChI is InChI=1S/C17H29N/c1-5-7-8-17(18-11-6-2)13-16-10-9-14(3)15(4)12-16/h9-10,12,17-18H,5-8,11,13H2,1-4H3. The Morgan fingerprint density at radius 2 is 1.83 bits per heavy atom. The Hall–Kier alpha value is -0.820. The molecule has 0 spiro atoms. The molecule has 0 heterocycles. The highest BCUT2D eigenvalue weighted by atomic mass is 14.9. The molecular formula is C17H29N. The smallest absolute Gasteiger partial charge is 0.0107 e. The summed E-state index contributed by atoms with van der Waals surface area (Å²) < 4.78 is 0. The Labute approximate surface area is 113 Å². The lowest BCUT2D eigenvalue weighted by atomic mass is 9.98. The van der Waals surface area contributed by atoms with Crippen molar-refractivity contribution in [2.45, 2.75) is 65.8 Å². The molecule has 0 aliphatic carbocycles. The van der Waals surface area contributed by atoms with Crippen molar-refractivity contribution in [3.05, 3.63) is 34.9 Å². The van der Waals surface area contributed by atoms with Gasteiger partial charge < -0.3 is 5.32 Å². The molecule has 1 atom stereocenters. The fourth-order valence-corrected chi connectivity index (χ4v) is 2.29. The monoisotopic (exact) mass is 247 g/mol. The minimum atomic E-state index is 0.645. The summed E-state index contributed by atoms with van der Waals surface area (Å²) in [6, 6.07) is 7.53. The molecule has 1 aromatic rings. The van der Waals surface area contributed by atoms with Gasteiger partial charge in [-0.15, -0.1) is 0 Å². The van der Waals surface area contributed by atoms with Crippen LogP contribution in [-0.2, 0) is 6.42 Å². The number of aryl methyl sites for hydroxylation is 2. The second-order valence-electron chi connectivity index (χ2n) is 5.42. The first-order chi connectivity index (χ1) is 8.67. The molecule has 1 heteroatoms. The maximum atomic E-state index is 3.69. The highest BCUT2D eigenvalue weighted by Crippen LogP contribution is 2.14. The largest absolute Gasteiger partial charge is 0.314 e. The van der Waals surface area contributed by atoms with Crippen LogP contribution in [0.5, 0.6) is 0 Å². The second-order valence-corrected chi connectivity index (χ2v) is 5.42. The van der Waals surface area contributed by atoms with Crippen LogP contribution in [0.1, 0.15) is 56.2 Å². The maximum Gasteiger partial charge on any atom is 0.0107 e. The van der Waals surface area contributed by atoms with Crippen LogP contribution in [0.15, 0.2) is 18.2 Å². The third-order valence-corrected chi connectivity index (χ3v) is 3.64. The zero-order valence-electron chi connectivity index (χ0n) is 12.6. The van der Waals surface area contributed by atoms with Gasteiger partial charge in [0.1, 0.15) is 0 Å². The number of rotatable bonds is 8. The van der Waals surface area contributed by atoms with Crippen LogP contribution in [0.3, 0.4) is 0 Å². The Balaban J connectivity index is 2.59. The van der Waals surface area contributed by atoms with Crippen molar-refractivity contribution in [3.8, 4) is 0 Å². The summed E-state index contributed by atoms with van der Waals surface area (Å²) in [5.41, 5.74) is 4.28. The molecule has 0 bridgehead atoms. The summed E-state index contributed by atoms with van der Waals surface area (Å²) in [4.78, 5) is 0. The van der Waals surface area contributed by atoms with Gasteiger partial charge in [-0.3, -0.25) is 0 Å². The normalized spacial score (nSPS) is 12.7. The second kappa shape index (κ2) is 8.31. The molecule has 1 aromatic carbocycles. The van der Waals surface area contributed by atoms with E-state index in [4.69, 9.17) is 0 Å². The van der Waals surface area contributed by atoms with Gasteiger partial charge in [-0.1, -0.05) is 44.9 Å². The summed E-state index contributed by atoms with van der Waals surface area (Å²) in [6.07, 6.45) is 6.30. The van der Waals surface area contributed by atoms with Crippen molar-refractivity contribution in [1.82, 2.24) is 5.32 Å². The zero-order chi connectivity index (χ0) is 13.4. The van der Waals surface area contributed by atoms with Crippen LogP contribution in [0.25, 0.3) is 0 Å². The molecule has 0 aliphatic rings. The molecule has 18 heavy (non-hydrogen) atoms. The van der Waals surface area contributed by atoms with Crippen molar-refractivity contribution < 1.29 is 0 Å². The van der Waals surface area contributed by atoms with E-state index < -0.39 is 0 Å². The van der Waals surface area contributed by atoms with Crippen LogP contribution in [0.2, 0.25) is 0 Å². The predicted octanol–water partition coefficient (Wildman–Crippen LogP) is 4.40. The van der Waals surface area contributed by atoms with Crippen LogP contribution in [0, 0.1) is 13.8 Å². The number of benzene rings is 1. The van der Waals surface area contributed by atoms with Crippen molar-refractivity contribution >= 4 is 0 Å². The number of hydrogen-bond acceptors (Lipinski definition) is 1. The SMILES string of the molecule is CCCCC(Cc1ccc(C)c(C)c1)NCCC. The van der Waals surface area contributed by atoms with E-state index in [1.807, 2.05) is 0 Å². The molecule has 0 aromatic heterocycles. The van der Waals surface area contributed by atoms with Gasteiger partial charge in [-0.2, -0.15) is 0 Å². The Morgan fingerprint density at radius 1 is 1.06 bits per heavy atom. The molecule has 1 unspecified atom stereocenters. The van der Waals surface area contributed by atoms with Crippen molar-refractivity contribution in [2.75, 3.05) is 6.54 Å². The first kappa shape index (κ1) is 15.2. The number of nitrogens with one attached hydrogen (secondary N) is 1. The molecule has 0 saturated heterocycles. The third kappa shape index (κ3) is 5.22. The molecule has 0 saturated carbocycles. The molecular weight excluding hydrogens is 218 g/mol. The summed E-state index contributed by atoms with van der Waals surface area (Å²) in [7, 11) is 0. The summed E-state index contributed by atoms with van der Waals surface area (Å²) >= 11 is 0. The Kier molecular flexibility index (Phi) is 7.04. The zero-order valence-corrected chi connectivity index (χ0v) is 12.6. The van der Waals surface area contributed by atoms with Crippen LogP contribution in [-0.4, -0.2) is 12.6 Å². The summed E-state index contributed by atoms with van der Waals surface area (Å²) in [5.74, 6) is 0. The third-order valence-electron chi connectivity index (χ3n) is 3.64. The molecule has 0 aliphatic heterocycles. The van der Waals surface area contributed by atoms with E-state index in [2.05, 4.69) is 51.2 Å². The predicted molar refractivity (Wildman–Crippen MR) is 81.2 cm³/mol. The van der Waals surface area contributed by atoms with Crippen molar-refractivity contribution in [2.24, 2.45) is 0 Å². The summed E-state index contributed by atoms with van der Waals surface area (Å²) in [5, 5.41) is 3.69. The van der Waals surface area contributed by atoms with E-state index in [-0.39, 0.29) is 0 Å². The van der Waals surface area contributed by atoms with Gasteiger partial charge >= 0.3 is 0 Å². The van der Waals surface area contributed by atoms with Crippen molar-refractivity contribution in [3.63, 3.8) is 0 Å². The van der Waals surface area contributed by atoms with Crippen LogP contribution in [0.4, 0.5) is 0 Å². The molecule has 1 nitrogen and oxygen atoms in total. The fraction of sp³-hybridized carbons (Fsp3) is 0.647. The van der Waals surface area contributed by atoms with E-state index in [9.17, 15) is 0 Å².